The van der Waals surface area contributed by atoms with E-state index in [-0.39, 0.29) is 17.4 Å². The average Bonchev–Trinajstić information content (AvgIpc) is 2.34. The van der Waals surface area contributed by atoms with Crippen LogP contribution in [0.25, 0.3) is 0 Å². The van der Waals surface area contributed by atoms with Gasteiger partial charge in [-0.2, -0.15) is 0 Å². The zero-order valence-corrected chi connectivity index (χ0v) is 10.7. The molecule has 2 atom stereocenters. The Morgan fingerprint density at radius 3 is 2.56 bits per heavy atom. The molecule has 1 aliphatic rings. The summed E-state index contributed by atoms with van der Waals surface area (Å²) < 4.78 is 27.3. The molecule has 1 aliphatic carbocycles. The maximum absolute atomic E-state index is 13.7. The molecule has 0 spiro atoms. The number of hydrogen-bond donors (Lipinski definition) is 2. The van der Waals surface area contributed by atoms with Crippen LogP contribution < -0.4 is 11.1 Å². The predicted molar refractivity (Wildman–Crippen MR) is 70.4 cm³/mol. The van der Waals surface area contributed by atoms with E-state index < -0.39 is 11.6 Å². The second kappa shape index (κ2) is 5.55. The summed E-state index contributed by atoms with van der Waals surface area (Å²) in [5.41, 5.74) is 5.48. The van der Waals surface area contributed by atoms with E-state index in [4.69, 9.17) is 5.73 Å². The van der Waals surface area contributed by atoms with Crippen molar-refractivity contribution < 1.29 is 8.78 Å². The molecule has 0 amide bonds. The van der Waals surface area contributed by atoms with Gasteiger partial charge in [0.2, 0.25) is 0 Å². The molecule has 2 nitrogen and oxygen atoms in total. The lowest BCUT2D eigenvalue weighted by molar-refractivity contribution is 0.326. The molecule has 0 aliphatic heterocycles. The summed E-state index contributed by atoms with van der Waals surface area (Å²) in [7, 11) is 0. The van der Waals surface area contributed by atoms with Gasteiger partial charge in [0.25, 0.3) is 0 Å². The van der Waals surface area contributed by atoms with Crippen LogP contribution in [0, 0.1) is 17.6 Å². The highest BCUT2D eigenvalue weighted by Gasteiger charge is 2.22. The van der Waals surface area contributed by atoms with E-state index in [0.29, 0.717) is 5.92 Å². The Labute approximate surface area is 107 Å². The molecule has 0 saturated heterocycles. The van der Waals surface area contributed by atoms with Gasteiger partial charge in [-0.25, -0.2) is 8.78 Å². The lowest BCUT2D eigenvalue weighted by atomic mass is 9.84. The SMILES string of the molecule is CCC1CCCC(Nc2c(F)cc(N)cc2F)C1. The fraction of sp³-hybridized carbons (Fsp3) is 0.571. The molecule has 4 heteroatoms. The van der Waals surface area contributed by atoms with Gasteiger partial charge in [-0.3, -0.25) is 0 Å². The van der Waals surface area contributed by atoms with Crippen molar-refractivity contribution in [1.82, 2.24) is 0 Å². The van der Waals surface area contributed by atoms with Crippen molar-refractivity contribution in [3.8, 4) is 0 Å². The largest absolute Gasteiger partial charge is 0.399 e. The smallest absolute Gasteiger partial charge is 0.151 e. The summed E-state index contributed by atoms with van der Waals surface area (Å²) in [6, 6.07) is 2.48. The number of nitrogen functional groups attached to an aromatic ring is 1. The van der Waals surface area contributed by atoms with E-state index in [9.17, 15) is 8.78 Å². The number of hydrogen-bond acceptors (Lipinski definition) is 2. The number of halogens is 2. The van der Waals surface area contributed by atoms with E-state index in [2.05, 4.69) is 12.2 Å². The van der Waals surface area contributed by atoms with Crippen molar-refractivity contribution in [2.24, 2.45) is 5.92 Å². The quantitative estimate of drug-likeness (QED) is 0.802. The molecule has 2 rings (SSSR count). The van der Waals surface area contributed by atoms with Gasteiger partial charge in [0.1, 0.15) is 5.69 Å². The summed E-state index contributed by atoms with van der Waals surface area (Å²) in [4.78, 5) is 0. The van der Waals surface area contributed by atoms with Crippen molar-refractivity contribution >= 4 is 11.4 Å². The average molecular weight is 254 g/mol. The van der Waals surface area contributed by atoms with Crippen LogP contribution in [0.15, 0.2) is 12.1 Å². The first-order valence-corrected chi connectivity index (χ1v) is 6.61. The molecule has 0 radical (unpaired) electrons. The lowest BCUT2D eigenvalue weighted by Gasteiger charge is -2.30. The number of nitrogens with two attached hydrogens (primary N) is 1. The van der Waals surface area contributed by atoms with Gasteiger partial charge >= 0.3 is 0 Å². The molecular formula is C14H20F2N2. The fourth-order valence-corrected chi connectivity index (χ4v) is 2.73. The van der Waals surface area contributed by atoms with Crippen molar-refractivity contribution in [2.45, 2.75) is 45.1 Å². The Bertz CT molecular complexity index is 397. The van der Waals surface area contributed by atoms with Crippen LogP contribution in [0.1, 0.15) is 39.0 Å². The zero-order chi connectivity index (χ0) is 13.1. The number of rotatable bonds is 3. The van der Waals surface area contributed by atoms with Gasteiger partial charge in [-0.15, -0.1) is 0 Å². The molecule has 18 heavy (non-hydrogen) atoms. The van der Waals surface area contributed by atoms with Crippen LogP contribution in [0.3, 0.4) is 0 Å². The zero-order valence-electron chi connectivity index (χ0n) is 10.7. The number of nitrogens with one attached hydrogen (secondary N) is 1. The summed E-state index contributed by atoms with van der Waals surface area (Å²) in [5, 5.41) is 3.00. The van der Waals surface area contributed by atoms with Crippen molar-refractivity contribution in [3.05, 3.63) is 23.8 Å². The van der Waals surface area contributed by atoms with E-state index in [1.54, 1.807) is 0 Å². The van der Waals surface area contributed by atoms with Crippen molar-refractivity contribution in [3.63, 3.8) is 0 Å². The molecule has 1 aromatic rings. The van der Waals surface area contributed by atoms with Crippen LogP contribution in [0.5, 0.6) is 0 Å². The number of benzene rings is 1. The monoisotopic (exact) mass is 254 g/mol. The molecule has 3 N–H and O–H groups in total. The number of anilines is 2. The highest BCUT2D eigenvalue weighted by molar-refractivity contribution is 5.54. The summed E-state index contributed by atoms with van der Waals surface area (Å²) in [6.45, 7) is 2.16. The van der Waals surface area contributed by atoms with Gasteiger partial charge in [-0.1, -0.05) is 26.2 Å². The Hall–Kier alpha value is -1.32. The third-order valence-electron chi connectivity index (χ3n) is 3.77. The third kappa shape index (κ3) is 2.92. The van der Waals surface area contributed by atoms with Gasteiger partial charge in [0, 0.05) is 11.7 Å². The molecule has 0 aromatic heterocycles. The van der Waals surface area contributed by atoms with Crippen LogP contribution in [0.4, 0.5) is 20.2 Å². The first kappa shape index (κ1) is 13.1. The van der Waals surface area contributed by atoms with Crippen molar-refractivity contribution in [1.29, 1.82) is 0 Å². The van der Waals surface area contributed by atoms with Crippen molar-refractivity contribution in [2.75, 3.05) is 11.1 Å². The Kier molecular flexibility index (Phi) is 4.04. The van der Waals surface area contributed by atoms with Crippen LogP contribution in [-0.2, 0) is 0 Å². The third-order valence-corrected chi connectivity index (χ3v) is 3.77. The van der Waals surface area contributed by atoms with Crippen LogP contribution in [0.2, 0.25) is 0 Å². The molecule has 0 bridgehead atoms. The molecule has 100 valence electrons. The molecule has 0 heterocycles. The minimum atomic E-state index is -0.605. The molecular weight excluding hydrogens is 234 g/mol. The maximum Gasteiger partial charge on any atom is 0.151 e. The summed E-state index contributed by atoms with van der Waals surface area (Å²) in [5.74, 6) is -0.548. The first-order chi connectivity index (χ1) is 8.60. The van der Waals surface area contributed by atoms with Crippen LogP contribution in [-0.4, -0.2) is 6.04 Å². The second-order valence-corrected chi connectivity index (χ2v) is 5.14. The summed E-state index contributed by atoms with van der Waals surface area (Å²) >= 11 is 0. The van der Waals surface area contributed by atoms with E-state index in [0.717, 1.165) is 37.8 Å². The Morgan fingerprint density at radius 1 is 1.28 bits per heavy atom. The molecule has 1 fully saturated rings. The van der Waals surface area contributed by atoms with Gasteiger partial charge in [0.05, 0.1) is 0 Å². The fourth-order valence-electron chi connectivity index (χ4n) is 2.73. The highest BCUT2D eigenvalue weighted by atomic mass is 19.1. The van der Waals surface area contributed by atoms with Gasteiger partial charge < -0.3 is 11.1 Å². The van der Waals surface area contributed by atoms with Gasteiger partial charge in [-0.05, 0) is 30.9 Å². The minimum absolute atomic E-state index is 0.0362. The normalized spacial score (nSPS) is 23.9. The topological polar surface area (TPSA) is 38.0 Å². The summed E-state index contributed by atoms with van der Waals surface area (Å²) in [6.07, 6.45) is 5.43. The van der Waals surface area contributed by atoms with E-state index in [1.807, 2.05) is 0 Å². The van der Waals surface area contributed by atoms with E-state index in [1.165, 1.54) is 6.42 Å². The van der Waals surface area contributed by atoms with Gasteiger partial charge in [0.15, 0.2) is 11.6 Å². The van der Waals surface area contributed by atoms with E-state index >= 15 is 0 Å². The maximum atomic E-state index is 13.7. The Morgan fingerprint density at radius 2 is 1.94 bits per heavy atom. The Balaban J connectivity index is 2.09. The highest BCUT2D eigenvalue weighted by Crippen LogP contribution is 2.30. The second-order valence-electron chi connectivity index (χ2n) is 5.14. The first-order valence-electron chi connectivity index (χ1n) is 6.61. The molecule has 1 aromatic carbocycles. The van der Waals surface area contributed by atoms with Crippen LogP contribution >= 0.6 is 0 Å². The standard InChI is InChI=1S/C14H20F2N2/c1-2-9-4-3-5-11(6-9)18-14-12(15)7-10(17)8-13(14)16/h7-9,11,18H,2-6,17H2,1H3. The lowest BCUT2D eigenvalue weighted by Crippen LogP contribution is -2.28. The predicted octanol–water partition coefficient (Wildman–Crippen LogP) is 3.93. The minimum Gasteiger partial charge on any atom is -0.399 e. The molecule has 2 unspecified atom stereocenters. The molecule has 1 saturated carbocycles.